The van der Waals surface area contributed by atoms with E-state index in [0.29, 0.717) is 12.5 Å². The number of ether oxygens (including phenoxy) is 1. The second kappa shape index (κ2) is 7.13. The Hall–Kier alpha value is -0.770. The molecule has 1 unspecified atom stereocenters. The normalized spacial score (nSPS) is 19.8. The Balaban J connectivity index is 1.93. The Morgan fingerprint density at radius 2 is 2.32 bits per heavy atom. The van der Waals surface area contributed by atoms with E-state index in [4.69, 9.17) is 22.1 Å². The first-order valence-electron chi connectivity index (χ1n) is 7.06. The fourth-order valence-corrected chi connectivity index (χ4v) is 2.82. The molecule has 4 heteroatoms. The number of benzene rings is 1. The van der Waals surface area contributed by atoms with Crippen LogP contribution in [0.3, 0.4) is 0 Å². The zero-order chi connectivity index (χ0) is 13.7. The van der Waals surface area contributed by atoms with Crippen LogP contribution in [0.4, 0.5) is 0 Å². The molecule has 1 saturated heterocycles. The second-order valence-electron chi connectivity index (χ2n) is 5.13. The average Bonchev–Trinajstić information content (AvgIpc) is 2.87. The molecule has 1 heterocycles. The van der Waals surface area contributed by atoms with Gasteiger partial charge in [0.15, 0.2) is 0 Å². The van der Waals surface area contributed by atoms with Crippen LogP contribution in [0.25, 0.3) is 0 Å². The van der Waals surface area contributed by atoms with E-state index in [1.54, 1.807) is 0 Å². The average molecular weight is 283 g/mol. The summed E-state index contributed by atoms with van der Waals surface area (Å²) in [6.45, 7) is 6.83. The molecule has 0 saturated carbocycles. The van der Waals surface area contributed by atoms with Crippen molar-refractivity contribution in [3.8, 4) is 5.75 Å². The van der Waals surface area contributed by atoms with Crippen LogP contribution in [0.1, 0.15) is 18.9 Å². The van der Waals surface area contributed by atoms with Gasteiger partial charge in [-0.15, -0.1) is 0 Å². The minimum atomic E-state index is 0.672. The molecule has 1 atom stereocenters. The zero-order valence-electron chi connectivity index (χ0n) is 11.6. The van der Waals surface area contributed by atoms with Crippen LogP contribution in [0, 0.1) is 5.92 Å². The van der Waals surface area contributed by atoms with Crippen molar-refractivity contribution in [1.29, 1.82) is 0 Å². The molecule has 19 heavy (non-hydrogen) atoms. The predicted octanol–water partition coefficient (Wildman–Crippen LogP) is 2.56. The van der Waals surface area contributed by atoms with Crippen LogP contribution in [0.2, 0.25) is 5.02 Å². The van der Waals surface area contributed by atoms with Crippen molar-refractivity contribution < 1.29 is 4.74 Å². The quantitative estimate of drug-likeness (QED) is 0.871. The van der Waals surface area contributed by atoms with Crippen molar-refractivity contribution in [1.82, 2.24) is 4.90 Å². The van der Waals surface area contributed by atoms with E-state index in [1.807, 2.05) is 25.1 Å². The van der Waals surface area contributed by atoms with E-state index >= 15 is 0 Å². The van der Waals surface area contributed by atoms with Gasteiger partial charge in [-0.1, -0.05) is 11.6 Å². The van der Waals surface area contributed by atoms with Crippen molar-refractivity contribution in [3.05, 3.63) is 28.8 Å². The predicted molar refractivity (Wildman–Crippen MR) is 79.9 cm³/mol. The first kappa shape index (κ1) is 14.6. The van der Waals surface area contributed by atoms with E-state index in [1.165, 1.54) is 12.0 Å². The highest BCUT2D eigenvalue weighted by Gasteiger charge is 2.20. The fourth-order valence-electron chi connectivity index (χ4n) is 2.63. The molecule has 0 aromatic heterocycles. The van der Waals surface area contributed by atoms with Crippen LogP contribution in [-0.4, -0.2) is 37.7 Å². The van der Waals surface area contributed by atoms with Gasteiger partial charge in [-0.3, -0.25) is 0 Å². The topological polar surface area (TPSA) is 38.5 Å². The highest BCUT2D eigenvalue weighted by molar-refractivity contribution is 6.30. The van der Waals surface area contributed by atoms with Gasteiger partial charge in [-0.2, -0.15) is 0 Å². The van der Waals surface area contributed by atoms with E-state index in [-0.39, 0.29) is 0 Å². The van der Waals surface area contributed by atoms with Crippen molar-refractivity contribution in [2.45, 2.75) is 19.8 Å². The third kappa shape index (κ3) is 4.10. The lowest BCUT2D eigenvalue weighted by molar-refractivity contribution is 0.317. The van der Waals surface area contributed by atoms with E-state index in [0.717, 1.165) is 43.4 Å². The molecule has 1 aliphatic heterocycles. The number of hydrogen-bond donors (Lipinski definition) is 1. The van der Waals surface area contributed by atoms with Gasteiger partial charge in [0.25, 0.3) is 0 Å². The van der Waals surface area contributed by atoms with E-state index in [2.05, 4.69) is 4.90 Å². The highest BCUT2D eigenvalue weighted by atomic mass is 35.5. The summed E-state index contributed by atoms with van der Waals surface area (Å²) in [5, 5.41) is 0.778. The van der Waals surface area contributed by atoms with Crippen LogP contribution < -0.4 is 10.5 Å². The molecular weight excluding hydrogens is 260 g/mol. The summed E-state index contributed by atoms with van der Waals surface area (Å²) >= 11 is 6.07. The number of hydrogen-bond acceptors (Lipinski definition) is 3. The van der Waals surface area contributed by atoms with Gasteiger partial charge in [-0.25, -0.2) is 0 Å². The maximum Gasteiger partial charge on any atom is 0.122 e. The number of likely N-dealkylation sites (tertiary alicyclic amines) is 1. The fraction of sp³-hybridized carbons (Fsp3) is 0.600. The third-order valence-corrected chi connectivity index (χ3v) is 3.96. The van der Waals surface area contributed by atoms with E-state index in [9.17, 15) is 0 Å². The molecule has 106 valence electrons. The molecule has 0 amide bonds. The first-order valence-corrected chi connectivity index (χ1v) is 7.44. The maximum absolute atomic E-state index is 6.07. The Labute approximate surface area is 120 Å². The van der Waals surface area contributed by atoms with Gasteiger partial charge in [0.05, 0.1) is 6.61 Å². The van der Waals surface area contributed by atoms with Crippen molar-refractivity contribution in [2.75, 3.05) is 32.8 Å². The monoisotopic (exact) mass is 282 g/mol. The molecular formula is C15H23ClN2O. The van der Waals surface area contributed by atoms with Gasteiger partial charge in [0, 0.05) is 18.1 Å². The summed E-state index contributed by atoms with van der Waals surface area (Å²) in [6, 6.07) is 5.87. The summed E-state index contributed by atoms with van der Waals surface area (Å²) in [5.74, 6) is 1.63. The summed E-state index contributed by atoms with van der Waals surface area (Å²) < 4.78 is 5.65. The highest BCUT2D eigenvalue weighted by Crippen LogP contribution is 2.24. The molecule has 1 aliphatic rings. The molecule has 0 bridgehead atoms. The minimum Gasteiger partial charge on any atom is -0.494 e. The van der Waals surface area contributed by atoms with Gasteiger partial charge in [-0.05, 0) is 62.5 Å². The molecule has 1 aromatic carbocycles. The molecule has 0 aliphatic carbocycles. The minimum absolute atomic E-state index is 0.672. The summed E-state index contributed by atoms with van der Waals surface area (Å²) in [7, 11) is 0. The summed E-state index contributed by atoms with van der Waals surface area (Å²) in [4.78, 5) is 2.48. The lowest BCUT2D eigenvalue weighted by Gasteiger charge is -2.17. The Morgan fingerprint density at radius 1 is 1.47 bits per heavy atom. The Bertz CT molecular complexity index is 411. The maximum atomic E-state index is 6.07. The third-order valence-electron chi connectivity index (χ3n) is 3.72. The summed E-state index contributed by atoms with van der Waals surface area (Å²) in [5.41, 5.74) is 6.92. The van der Waals surface area contributed by atoms with Gasteiger partial charge < -0.3 is 15.4 Å². The number of rotatable bonds is 6. The SMILES string of the molecule is CCOc1ccc(Cl)cc1CCN1CCC(CN)C1. The molecule has 1 aromatic rings. The lowest BCUT2D eigenvalue weighted by atomic mass is 10.1. The van der Waals surface area contributed by atoms with Crippen LogP contribution >= 0.6 is 11.6 Å². The Kier molecular flexibility index (Phi) is 5.49. The summed E-state index contributed by atoms with van der Waals surface area (Å²) in [6.07, 6.45) is 2.21. The number of nitrogens with zero attached hydrogens (tertiary/aromatic N) is 1. The number of halogens is 1. The smallest absolute Gasteiger partial charge is 0.122 e. The zero-order valence-corrected chi connectivity index (χ0v) is 12.3. The Morgan fingerprint density at radius 3 is 3.00 bits per heavy atom. The van der Waals surface area contributed by atoms with Crippen LogP contribution in [-0.2, 0) is 6.42 Å². The largest absolute Gasteiger partial charge is 0.494 e. The number of nitrogens with two attached hydrogens (primary N) is 1. The van der Waals surface area contributed by atoms with Crippen LogP contribution in [0.5, 0.6) is 5.75 Å². The van der Waals surface area contributed by atoms with Crippen LogP contribution in [0.15, 0.2) is 18.2 Å². The molecule has 0 spiro atoms. The molecule has 2 rings (SSSR count). The molecule has 1 fully saturated rings. The van der Waals surface area contributed by atoms with Gasteiger partial charge in [0.2, 0.25) is 0 Å². The van der Waals surface area contributed by atoms with Crippen molar-refractivity contribution in [3.63, 3.8) is 0 Å². The standard InChI is InChI=1S/C15H23ClN2O/c1-2-19-15-4-3-14(16)9-13(15)6-8-18-7-5-12(10-17)11-18/h3-4,9,12H,2,5-8,10-11,17H2,1H3. The molecule has 0 radical (unpaired) electrons. The molecule has 2 N–H and O–H groups in total. The van der Waals surface area contributed by atoms with Crippen molar-refractivity contribution >= 4 is 11.6 Å². The lowest BCUT2D eigenvalue weighted by Crippen LogP contribution is -2.25. The van der Waals surface area contributed by atoms with Gasteiger partial charge >= 0.3 is 0 Å². The molecule has 3 nitrogen and oxygen atoms in total. The first-order chi connectivity index (χ1) is 9.22. The van der Waals surface area contributed by atoms with Gasteiger partial charge in [0.1, 0.15) is 5.75 Å². The van der Waals surface area contributed by atoms with E-state index < -0.39 is 0 Å². The van der Waals surface area contributed by atoms with Crippen molar-refractivity contribution in [2.24, 2.45) is 11.7 Å². The second-order valence-corrected chi connectivity index (χ2v) is 5.56.